The fourth-order valence-corrected chi connectivity index (χ4v) is 7.02. The van der Waals surface area contributed by atoms with E-state index >= 15 is 0 Å². The molecule has 3 heterocycles. The summed E-state index contributed by atoms with van der Waals surface area (Å²) < 4.78 is 28.4. The lowest BCUT2D eigenvalue weighted by Crippen LogP contribution is -2.33. The maximum absolute atomic E-state index is 13.4. The number of aromatic nitrogens is 2. The molecule has 1 saturated heterocycles. The van der Waals surface area contributed by atoms with Crippen molar-refractivity contribution in [2.75, 3.05) is 36.8 Å². The Labute approximate surface area is 237 Å². The molecule has 210 valence electrons. The number of benzene rings is 2. The Hall–Kier alpha value is -3.74. The van der Waals surface area contributed by atoms with Crippen LogP contribution in [0.2, 0.25) is 0 Å². The van der Waals surface area contributed by atoms with E-state index in [9.17, 15) is 18.0 Å². The van der Waals surface area contributed by atoms with Crippen molar-refractivity contribution in [2.24, 2.45) is 0 Å². The number of amides is 2. The van der Waals surface area contributed by atoms with Crippen LogP contribution in [0.1, 0.15) is 30.0 Å². The second-order valence-electron chi connectivity index (χ2n) is 9.83. The fourth-order valence-electron chi connectivity index (χ4n) is 4.83. The minimum absolute atomic E-state index is 0.0644. The predicted molar refractivity (Wildman–Crippen MR) is 159 cm³/mol. The molecule has 0 spiro atoms. The van der Waals surface area contributed by atoms with Gasteiger partial charge in [0, 0.05) is 22.8 Å². The van der Waals surface area contributed by atoms with E-state index in [4.69, 9.17) is 0 Å². The quantitative estimate of drug-likeness (QED) is 0.250. The predicted octanol–water partition coefficient (Wildman–Crippen LogP) is 4.47. The van der Waals surface area contributed by atoms with Gasteiger partial charge in [-0.1, -0.05) is 0 Å². The van der Waals surface area contributed by atoms with E-state index in [2.05, 4.69) is 20.5 Å². The van der Waals surface area contributed by atoms with Crippen LogP contribution in [0, 0.1) is 13.8 Å². The van der Waals surface area contributed by atoms with E-state index in [0.29, 0.717) is 28.1 Å². The number of anilines is 2. The van der Waals surface area contributed by atoms with Crippen molar-refractivity contribution in [1.82, 2.24) is 19.2 Å². The summed E-state index contributed by atoms with van der Waals surface area (Å²) in [4.78, 5) is 33.7. The Morgan fingerprint density at radius 1 is 1.00 bits per heavy atom. The first kappa shape index (κ1) is 27.8. The molecule has 4 aromatic rings. The number of thiophene rings is 1. The van der Waals surface area contributed by atoms with Crippen LogP contribution < -0.4 is 20.9 Å². The number of hydrogen-bond donors (Lipinski definition) is 3. The molecular formula is C28H32N6O4S2. The number of sulfonamides is 1. The highest BCUT2D eigenvalue weighted by Gasteiger charge is 2.19. The molecular weight excluding hydrogens is 548 g/mol. The summed E-state index contributed by atoms with van der Waals surface area (Å²) >= 11 is 1.08. The van der Waals surface area contributed by atoms with E-state index in [1.165, 1.54) is 36.6 Å². The summed E-state index contributed by atoms with van der Waals surface area (Å²) in [5, 5.41) is 6.46. The molecule has 40 heavy (non-hydrogen) atoms. The van der Waals surface area contributed by atoms with Gasteiger partial charge < -0.3 is 15.5 Å². The number of aryl methyl sites for hydroxylation is 2. The van der Waals surface area contributed by atoms with Gasteiger partial charge in [-0.25, -0.2) is 22.9 Å². The van der Waals surface area contributed by atoms with Crippen molar-refractivity contribution in [2.45, 2.75) is 37.3 Å². The second kappa shape index (κ2) is 11.8. The van der Waals surface area contributed by atoms with Gasteiger partial charge in [-0.05, 0) is 107 Å². The van der Waals surface area contributed by atoms with Gasteiger partial charge in [-0.2, -0.15) is 0 Å². The maximum Gasteiger partial charge on any atom is 0.333 e. The summed E-state index contributed by atoms with van der Waals surface area (Å²) in [7, 11) is -3.96. The molecule has 3 N–H and O–H groups in total. The number of carbonyl (C=O) groups excluding carboxylic acids is 1. The average Bonchev–Trinajstić information content (AvgIpc) is 3.59. The lowest BCUT2D eigenvalue weighted by Gasteiger charge is -2.15. The molecule has 12 heteroatoms. The molecule has 0 atom stereocenters. The normalized spacial score (nSPS) is 13.9. The number of fused-ring (bicyclic) bond motifs is 1. The summed E-state index contributed by atoms with van der Waals surface area (Å²) in [5.74, 6) is 0.527. The van der Waals surface area contributed by atoms with Crippen molar-refractivity contribution in [3.8, 4) is 5.69 Å². The summed E-state index contributed by atoms with van der Waals surface area (Å²) in [6.07, 6.45) is 3.64. The molecule has 0 aliphatic carbocycles. The molecule has 0 unspecified atom stereocenters. The Morgan fingerprint density at radius 2 is 1.73 bits per heavy atom. The van der Waals surface area contributed by atoms with Crippen LogP contribution in [0.15, 0.2) is 63.6 Å². The van der Waals surface area contributed by atoms with Gasteiger partial charge in [-0.15, -0.1) is 11.3 Å². The van der Waals surface area contributed by atoms with Gasteiger partial charge in [0.1, 0.15) is 10.0 Å². The smallest absolute Gasteiger partial charge is 0.333 e. The highest BCUT2D eigenvalue weighted by atomic mass is 32.2. The lowest BCUT2D eigenvalue weighted by molar-refractivity contribution is 0.256. The molecule has 10 nitrogen and oxygen atoms in total. The third-order valence-electron chi connectivity index (χ3n) is 6.81. The molecule has 1 aliphatic rings. The first-order chi connectivity index (χ1) is 19.2. The third-order valence-corrected chi connectivity index (χ3v) is 9.63. The average molecular weight is 581 g/mol. The van der Waals surface area contributed by atoms with E-state index in [-0.39, 0.29) is 9.77 Å². The first-order valence-corrected chi connectivity index (χ1v) is 15.5. The van der Waals surface area contributed by atoms with Crippen molar-refractivity contribution in [3.63, 3.8) is 0 Å². The number of rotatable bonds is 9. The molecule has 2 aromatic carbocycles. The maximum atomic E-state index is 13.4. The number of urea groups is 1. The lowest BCUT2D eigenvalue weighted by atomic mass is 10.2. The zero-order chi connectivity index (χ0) is 28.3. The van der Waals surface area contributed by atoms with Gasteiger partial charge in [0.05, 0.1) is 16.6 Å². The Kier molecular flexibility index (Phi) is 8.19. The number of likely N-dealkylation sites (tertiary alicyclic amines) is 1. The molecule has 2 aromatic heterocycles. The van der Waals surface area contributed by atoms with Crippen molar-refractivity contribution < 1.29 is 13.2 Å². The fraction of sp³-hybridized carbons (Fsp3) is 0.321. The first-order valence-electron chi connectivity index (χ1n) is 13.2. The van der Waals surface area contributed by atoms with E-state index in [1.807, 2.05) is 16.9 Å². The number of hydrogen-bond acceptors (Lipinski definition) is 8. The zero-order valence-corrected chi connectivity index (χ0v) is 24.1. The summed E-state index contributed by atoms with van der Waals surface area (Å²) in [6.45, 7) is 7.90. The van der Waals surface area contributed by atoms with Gasteiger partial charge in [-0.3, -0.25) is 9.36 Å². The summed E-state index contributed by atoms with van der Waals surface area (Å²) in [5.41, 5.74) is 2.31. The monoisotopic (exact) mass is 580 g/mol. The van der Waals surface area contributed by atoms with Crippen LogP contribution >= 0.6 is 11.3 Å². The van der Waals surface area contributed by atoms with Gasteiger partial charge in [0.15, 0.2) is 0 Å². The van der Waals surface area contributed by atoms with Crippen LogP contribution in [-0.4, -0.2) is 55.1 Å². The SMILES string of the molecule is Cc1ccc(S(=O)(=O)NC(=O)Nc2ccc(-n3c(C)nc4cc(NCCCN5CCCC5)ccc4c3=O)cc2)s1. The topological polar surface area (TPSA) is 125 Å². The van der Waals surface area contributed by atoms with Crippen molar-refractivity contribution in [3.05, 3.63) is 75.7 Å². The largest absolute Gasteiger partial charge is 0.385 e. The Bertz CT molecular complexity index is 1690. The van der Waals surface area contributed by atoms with E-state index in [0.717, 1.165) is 41.4 Å². The van der Waals surface area contributed by atoms with E-state index < -0.39 is 16.1 Å². The standard InChI is InChI=1S/C28H32N6O4S2/c1-19-6-13-26(39-19)40(37,38)32-28(36)31-21-7-10-23(11-8-21)34-20(2)30-25-18-22(9-12-24(25)27(34)35)29-14-5-17-33-15-3-4-16-33/h6-13,18,29H,3-5,14-17H2,1-2H3,(H2,31,32,36). The number of carbonyl (C=O) groups is 1. The third kappa shape index (κ3) is 6.35. The van der Waals surface area contributed by atoms with Crippen molar-refractivity contribution >= 4 is 49.7 Å². The van der Waals surface area contributed by atoms with Crippen LogP contribution in [0.3, 0.4) is 0 Å². The number of nitrogens with one attached hydrogen (secondary N) is 3. The molecule has 5 rings (SSSR count). The van der Waals surface area contributed by atoms with Crippen LogP contribution in [0.4, 0.5) is 16.2 Å². The van der Waals surface area contributed by atoms with Gasteiger partial charge >= 0.3 is 6.03 Å². The molecule has 1 aliphatic heterocycles. The van der Waals surface area contributed by atoms with Gasteiger partial charge in [0.2, 0.25) is 0 Å². The Morgan fingerprint density at radius 3 is 2.42 bits per heavy atom. The molecule has 1 fully saturated rings. The second-order valence-corrected chi connectivity index (χ2v) is 13.0. The Balaban J connectivity index is 1.25. The molecule has 0 radical (unpaired) electrons. The van der Waals surface area contributed by atoms with Crippen LogP contribution in [0.5, 0.6) is 0 Å². The summed E-state index contributed by atoms with van der Waals surface area (Å²) in [6, 6.07) is 14.4. The minimum atomic E-state index is -3.96. The molecule has 0 bridgehead atoms. The molecule has 2 amide bonds. The van der Waals surface area contributed by atoms with E-state index in [1.54, 1.807) is 50.2 Å². The number of nitrogens with zero attached hydrogens (tertiary/aromatic N) is 3. The zero-order valence-electron chi connectivity index (χ0n) is 22.4. The highest BCUT2D eigenvalue weighted by molar-refractivity contribution is 7.92. The highest BCUT2D eigenvalue weighted by Crippen LogP contribution is 2.21. The van der Waals surface area contributed by atoms with Crippen molar-refractivity contribution in [1.29, 1.82) is 0 Å². The van der Waals surface area contributed by atoms with Crippen LogP contribution in [0.25, 0.3) is 16.6 Å². The minimum Gasteiger partial charge on any atom is -0.385 e. The van der Waals surface area contributed by atoms with Crippen LogP contribution in [-0.2, 0) is 10.0 Å². The molecule has 0 saturated carbocycles. The van der Waals surface area contributed by atoms with Gasteiger partial charge in [0.25, 0.3) is 15.6 Å².